The SMILES string of the molecule is O=C1C[C@@H](CNS(=O)(=O)c2ccccc2Cl)CN1c1ccc2c(c1)OCO2. The smallest absolute Gasteiger partial charge is 0.242 e. The molecule has 0 saturated carbocycles. The maximum Gasteiger partial charge on any atom is 0.242 e. The predicted molar refractivity (Wildman–Crippen MR) is 99.7 cm³/mol. The van der Waals surface area contributed by atoms with Crippen LogP contribution in [0.2, 0.25) is 5.02 Å². The normalized spacial score (nSPS) is 18.9. The number of anilines is 1. The van der Waals surface area contributed by atoms with E-state index in [9.17, 15) is 13.2 Å². The number of carbonyl (C=O) groups excluding carboxylic acids is 1. The second-order valence-electron chi connectivity index (χ2n) is 6.39. The molecule has 27 heavy (non-hydrogen) atoms. The van der Waals surface area contributed by atoms with Crippen molar-refractivity contribution in [3.63, 3.8) is 0 Å². The lowest BCUT2D eigenvalue weighted by Crippen LogP contribution is -2.31. The van der Waals surface area contributed by atoms with E-state index in [0.717, 1.165) is 0 Å². The lowest BCUT2D eigenvalue weighted by Gasteiger charge is -2.17. The van der Waals surface area contributed by atoms with Crippen LogP contribution in [-0.4, -0.2) is 34.2 Å². The van der Waals surface area contributed by atoms with E-state index in [1.807, 2.05) is 0 Å². The average Bonchev–Trinajstić information content (AvgIpc) is 3.26. The van der Waals surface area contributed by atoms with Gasteiger partial charge in [-0.05, 0) is 30.2 Å². The van der Waals surface area contributed by atoms with Gasteiger partial charge in [0.1, 0.15) is 4.90 Å². The van der Waals surface area contributed by atoms with Gasteiger partial charge in [0, 0.05) is 31.3 Å². The number of hydrogen-bond donors (Lipinski definition) is 1. The van der Waals surface area contributed by atoms with Crippen molar-refractivity contribution in [2.75, 3.05) is 24.8 Å². The maximum absolute atomic E-state index is 12.4. The first-order chi connectivity index (χ1) is 12.9. The van der Waals surface area contributed by atoms with E-state index < -0.39 is 10.0 Å². The van der Waals surface area contributed by atoms with E-state index in [1.54, 1.807) is 35.2 Å². The summed E-state index contributed by atoms with van der Waals surface area (Å²) in [6.07, 6.45) is 0.263. The third-order valence-electron chi connectivity index (χ3n) is 4.56. The van der Waals surface area contributed by atoms with Gasteiger partial charge in [0.05, 0.1) is 5.02 Å². The second kappa shape index (κ2) is 7.03. The molecule has 2 aromatic rings. The highest BCUT2D eigenvalue weighted by atomic mass is 35.5. The number of nitrogens with one attached hydrogen (secondary N) is 1. The molecule has 4 rings (SSSR count). The molecule has 1 amide bonds. The average molecular weight is 409 g/mol. The van der Waals surface area contributed by atoms with Crippen LogP contribution in [0.25, 0.3) is 0 Å². The molecule has 0 unspecified atom stereocenters. The van der Waals surface area contributed by atoms with E-state index in [0.29, 0.717) is 23.7 Å². The highest BCUT2D eigenvalue weighted by molar-refractivity contribution is 7.89. The topological polar surface area (TPSA) is 84.9 Å². The first-order valence-electron chi connectivity index (χ1n) is 8.38. The summed E-state index contributed by atoms with van der Waals surface area (Å²) in [4.78, 5) is 14.1. The van der Waals surface area contributed by atoms with Gasteiger partial charge in [0.2, 0.25) is 22.7 Å². The Kier molecular flexibility index (Phi) is 4.71. The Morgan fingerprint density at radius 3 is 2.74 bits per heavy atom. The van der Waals surface area contributed by atoms with Crippen LogP contribution in [0, 0.1) is 5.92 Å². The number of amides is 1. The number of sulfonamides is 1. The van der Waals surface area contributed by atoms with Crippen LogP contribution in [0.15, 0.2) is 47.4 Å². The van der Waals surface area contributed by atoms with Crippen molar-refractivity contribution in [1.82, 2.24) is 4.72 Å². The molecule has 1 N–H and O–H groups in total. The molecule has 0 aliphatic carbocycles. The first kappa shape index (κ1) is 18.1. The summed E-state index contributed by atoms with van der Waals surface area (Å²) in [5.74, 6) is 1.05. The lowest BCUT2D eigenvalue weighted by molar-refractivity contribution is -0.117. The van der Waals surface area contributed by atoms with Crippen molar-refractivity contribution in [2.24, 2.45) is 5.92 Å². The van der Waals surface area contributed by atoms with Gasteiger partial charge in [0.25, 0.3) is 0 Å². The molecule has 0 radical (unpaired) electrons. The second-order valence-corrected chi connectivity index (χ2v) is 8.54. The Labute approximate surface area is 161 Å². The summed E-state index contributed by atoms with van der Waals surface area (Å²) in [6.45, 7) is 0.739. The van der Waals surface area contributed by atoms with Crippen LogP contribution in [0.5, 0.6) is 11.5 Å². The summed E-state index contributed by atoms with van der Waals surface area (Å²) in [5.41, 5.74) is 0.709. The molecular weight excluding hydrogens is 392 g/mol. The van der Waals surface area contributed by atoms with Crippen molar-refractivity contribution in [3.8, 4) is 11.5 Å². The summed E-state index contributed by atoms with van der Waals surface area (Å²) >= 11 is 5.97. The number of halogens is 1. The predicted octanol–water partition coefficient (Wildman–Crippen LogP) is 2.40. The van der Waals surface area contributed by atoms with Gasteiger partial charge in [0.15, 0.2) is 11.5 Å². The summed E-state index contributed by atoms with van der Waals surface area (Å²) in [7, 11) is -3.73. The number of carbonyl (C=O) groups is 1. The van der Waals surface area contributed by atoms with Crippen LogP contribution in [0.3, 0.4) is 0 Å². The van der Waals surface area contributed by atoms with Gasteiger partial charge < -0.3 is 14.4 Å². The van der Waals surface area contributed by atoms with Gasteiger partial charge in [-0.3, -0.25) is 4.79 Å². The van der Waals surface area contributed by atoms with Crippen LogP contribution in [-0.2, 0) is 14.8 Å². The minimum atomic E-state index is -3.73. The van der Waals surface area contributed by atoms with Gasteiger partial charge in [-0.2, -0.15) is 0 Å². The number of rotatable bonds is 5. The number of nitrogens with zero attached hydrogens (tertiary/aromatic N) is 1. The van der Waals surface area contributed by atoms with E-state index in [1.165, 1.54) is 12.1 Å². The van der Waals surface area contributed by atoms with E-state index >= 15 is 0 Å². The third-order valence-corrected chi connectivity index (χ3v) is 6.48. The zero-order valence-corrected chi connectivity index (χ0v) is 15.8. The molecule has 1 atom stereocenters. The number of hydrogen-bond acceptors (Lipinski definition) is 5. The molecule has 2 heterocycles. The summed E-state index contributed by atoms with van der Waals surface area (Å²) in [5, 5.41) is 0.162. The molecule has 1 fully saturated rings. The molecule has 2 aliphatic heterocycles. The van der Waals surface area contributed by atoms with E-state index in [4.69, 9.17) is 21.1 Å². The largest absolute Gasteiger partial charge is 0.454 e. The van der Waals surface area contributed by atoms with Crippen molar-refractivity contribution in [3.05, 3.63) is 47.5 Å². The first-order valence-corrected chi connectivity index (χ1v) is 10.2. The Hall–Kier alpha value is -2.29. The molecule has 2 aliphatic rings. The zero-order valence-electron chi connectivity index (χ0n) is 14.2. The quantitative estimate of drug-likeness (QED) is 0.821. The standard InChI is InChI=1S/C18H17ClN2O5S/c19-14-3-1-2-4-17(14)27(23,24)20-9-12-7-18(22)21(10-12)13-5-6-15-16(8-13)26-11-25-15/h1-6,8,12,20H,7,9-11H2/t12-/m0/s1. The molecule has 0 spiro atoms. The molecule has 9 heteroatoms. The van der Waals surface area contributed by atoms with Crippen LogP contribution in [0.4, 0.5) is 5.69 Å². The summed E-state index contributed by atoms with van der Waals surface area (Å²) < 4.78 is 38.1. The van der Waals surface area contributed by atoms with Crippen molar-refractivity contribution >= 4 is 33.2 Å². The van der Waals surface area contributed by atoms with Gasteiger partial charge in [-0.25, -0.2) is 13.1 Å². The van der Waals surface area contributed by atoms with Crippen molar-refractivity contribution in [2.45, 2.75) is 11.3 Å². The Morgan fingerprint density at radius 1 is 1.15 bits per heavy atom. The van der Waals surface area contributed by atoms with Crippen LogP contribution in [0.1, 0.15) is 6.42 Å². The number of fused-ring (bicyclic) bond motifs is 1. The fourth-order valence-corrected chi connectivity index (χ4v) is 4.82. The van der Waals surface area contributed by atoms with Crippen LogP contribution < -0.4 is 19.1 Å². The third kappa shape index (κ3) is 3.60. The Balaban J connectivity index is 1.43. The number of benzene rings is 2. The molecular formula is C18H17ClN2O5S. The minimum Gasteiger partial charge on any atom is -0.454 e. The Morgan fingerprint density at radius 2 is 1.93 bits per heavy atom. The molecule has 2 aromatic carbocycles. The summed E-state index contributed by atoms with van der Waals surface area (Å²) in [6, 6.07) is 11.6. The zero-order chi connectivity index (χ0) is 19.0. The minimum absolute atomic E-state index is 0.0311. The highest BCUT2D eigenvalue weighted by Gasteiger charge is 2.32. The number of ether oxygens (including phenoxy) is 2. The van der Waals surface area contributed by atoms with Gasteiger partial charge in [-0.1, -0.05) is 23.7 Å². The molecule has 7 nitrogen and oxygen atoms in total. The Bertz CT molecular complexity index is 995. The molecule has 142 valence electrons. The molecule has 0 bridgehead atoms. The monoisotopic (exact) mass is 408 g/mol. The van der Waals surface area contributed by atoms with Crippen LogP contribution >= 0.6 is 11.6 Å². The van der Waals surface area contributed by atoms with E-state index in [-0.39, 0.29) is 41.5 Å². The van der Waals surface area contributed by atoms with Crippen molar-refractivity contribution < 1.29 is 22.7 Å². The van der Waals surface area contributed by atoms with E-state index in [2.05, 4.69) is 4.72 Å². The molecule has 0 aromatic heterocycles. The fourth-order valence-electron chi connectivity index (χ4n) is 3.19. The highest BCUT2D eigenvalue weighted by Crippen LogP contribution is 2.37. The van der Waals surface area contributed by atoms with Crippen molar-refractivity contribution in [1.29, 1.82) is 0 Å². The van der Waals surface area contributed by atoms with Gasteiger partial charge >= 0.3 is 0 Å². The maximum atomic E-state index is 12.4. The fraction of sp³-hybridized carbons (Fsp3) is 0.278. The molecule has 1 saturated heterocycles. The lowest BCUT2D eigenvalue weighted by atomic mass is 10.1. The van der Waals surface area contributed by atoms with Gasteiger partial charge in [-0.15, -0.1) is 0 Å².